The first kappa shape index (κ1) is 17.7. The van der Waals surface area contributed by atoms with Crippen LogP contribution < -0.4 is 5.76 Å². The quantitative estimate of drug-likeness (QED) is 0.658. The molecule has 1 aliphatic rings. The van der Waals surface area contributed by atoms with Crippen molar-refractivity contribution in [3.8, 4) is 11.5 Å². The summed E-state index contributed by atoms with van der Waals surface area (Å²) < 4.78 is 50.9. The van der Waals surface area contributed by atoms with Crippen molar-refractivity contribution in [3.63, 3.8) is 0 Å². The summed E-state index contributed by atoms with van der Waals surface area (Å²) in [5.74, 6) is -0.845. The van der Waals surface area contributed by atoms with E-state index in [9.17, 15) is 17.6 Å². The molecule has 27 heavy (non-hydrogen) atoms. The number of hydrogen-bond donors (Lipinski definition) is 0. The molecule has 0 N–H and O–H groups in total. The number of hydrogen-bond acceptors (Lipinski definition) is 6. The highest BCUT2D eigenvalue weighted by Gasteiger charge is 2.30. The maximum absolute atomic E-state index is 13.0. The molecule has 1 saturated heterocycles. The van der Waals surface area contributed by atoms with Gasteiger partial charge in [-0.2, -0.15) is 8.99 Å². The Morgan fingerprint density at radius 2 is 1.74 bits per heavy atom. The van der Waals surface area contributed by atoms with Crippen molar-refractivity contribution in [2.45, 2.75) is 24.5 Å². The topological polar surface area (TPSA) is 98.5 Å². The van der Waals surface area contributed by atoms with E-state index in [-0.39, 0.29) is 23.3 Å². The van der Waals surface area contributed by atoms with E-state index in [1.165, 1.54) is 40.7 Å². The van der Waals surface area contributed by atoms with Gasteiger partial charge in [0.05, 0.1) is 0 Å². The molecule has 4 rings (SSSR count). The normalized spacial score (nSPS) is 15.4. The third-order valence-electron chi connectivity index (χ3n) is 4.30. The first-order chi connectivity index (χ1) is 12.9. The summed E-state index contributed by atoms with van der Waals surface area (Å²) in [6.45, 7) is 0.864. The van der Waals surface area contributed by atoms with Crippen molar-refractivity contribution < 1.29 is 21.6 Å². The van der Waals surface area contributed by atoms with Gasteiger partial charge in [-0.25, -0.2) is 17.6 Å². The van der Waals surface area contributed by atoms with Crippen LogP contribution in [0, 0.1) is 5.82 Å². The van der Waals surface area contributed by atoms with Crippen LogP contribution in [0.4, 0.5) is 4.39 Å². The molecule has 1 fully saturated rings. The van der Waals surface area contributed by atoms with E-state index < -0.39 is 21.6 Å². The fourth-order valence-corrected chi connectivity index (χ4v) is 4.35. The average molecular weight is 393 g/mol. The van der Waals surface area contributed by atoms with Gasteiger partial charge in [-0.3, -0.25) is 0 Å². The smallest absolute Gasteiger partial charge is 0.437 e. The average Bonchev–Trinajstić information content (AvgIpc) is 3.38. The van der Waals surface area contributed by atoms with Crippen LogP contribution in [0.25, 0.3) is 11.5 Å². The Morgan fingerprint density at radius 1 is 1.04 bits per heavy atom. The molecule has 1 aliphatic heterocycles. The van der Waals surface area contributed by atoms with Gasteiger partial charge in [0.15, 0.2) is 0 Å². The van der Waals surface area contributed by atoms with Crippen LogP contribution in [0.1, 0.15) is 18.6 Å². The minimum absolute atomic E-state index is 0.0384. The van der Waals surface area contributed by atoms with Crippen molar-refractivity contribution in [1.82, 2.24) is 14.1 Å². The third-order valence-corrected chi connectivity index (χ3v) is 6.07. The Labute approximate surface area is 153 Å². The zero-order valence-electron chi connectivity index (χ0n) is 14.2. The number of benzene rings is 1. The molecule has 10 heteroatoms. The summed E-state index contributed by atoms with van der Waals surface area (Å²) in [4.78, 5) is 12.0. The van der Waals surface area contributed by atoms with Crippen LogP contribution in [0.5, 0.6) is 0 Å². The van der Waals surface area contributed by atoms with Crippen molar-refractivity contribution in [2.75, 3.05) is 13.1 Å². The molecular formula is C17H16FN3O5S. The minimum Gasteiger partial charge on any atom is -0.446 e. The highest BCUT2D eigenvalue weighted by Crippen LogP contribution is 2.23. The van der Waals surface area contributed by atoms with Crippen LogP contribution in [-0.2, 0) is 16.6 Å². The lowest BCUT2D eigenvalue weighted by atomic mass is 10.2. The molecule has 0 bridgehead atoms. The third kappa shape index (κ3) is 3.45. The highest BCUT2D eigenvalue weighted by molar-refractivity contribution is 7.89. The second-order valence-corrected chi connectivity index (χ2v) is 8.04. The molecule has 2 aromatic heterocycles. The molecule has 3 aromatic rings. The molecule has 0 unspecified atom stereocenters. The van der Waals surface area contributed by atoms with E-state index in [1.54, 1.807) is 0 Å². The van der Waals surface area contributed by atoms with E-state index in [1.807, 2.05) is 0 Å². The van der Waals surface area contributed by atoms with Crippen LogP contribution >= 0.6 is 0 Å². The standard InChI is InChI=1S/C17H16FN3O5S/c18-13-5-3-12(4-6-13)16-19-21(17(22)26-16)11-14-7-8-15(25-14)27(23,24)20-9-1-2-10-20/h3-8H,1-2,9-11H2. The van der Waals surface area contributed by atoms with Gasteiger partial charge < -0.3 is 8.83 Å². The van der Waals surface area contributed by atoms with E-state index in [0.717, 1.165) is 17.5 Å². The van der Waals surface area contributed by atoms with Crippen LogP contribution in [0.2, 0.25) is 0 Å². The molecule has 0 atom stereocenters. The van der Waals surface area contributed by atoms with Crippen molar-refractivity contribution >= 4 is 10.0 Å². The molecule has 3 heterocycles. The van der Waals surface area contributed by atoms with E-state index in [2.05, 4.69) is 5.10 Å². The number of aromatic nitrogens is 2. The Bertz CT molecular complexity index is 1110. The van der Waals surface area contributed by atoms with E-state index in [0.29, 0.717) is 18.7 Å². The van der Waals surface area contributed by atoms with Gasteiger partial charge in [-0.05, 0) is 49.2 Å². The Balaban J connectivity index is 1.56. The zero-order chi connectivity index (χ0) is 19.0. The first-order valence-electron chi connectivity index (χ1n) is 8.36. The van der Waals surface area contributed by atoms with Gasteiger partial charge in [-0.1, -0.05) is 0 Å². The summed E-state index contributed by atoms with van der Waals surface area (Å²) >= 11 is 0. The lowest BCUT2D eigenvalue weighted by molar-refractivity contribution is 0.375. The van der Waals surface area contributed by atoms with Crippen molar-refractivity contribution in [1.29, 1.82) is 0 Å². The lowest BCUT2D eigenvalue weighted by Gasteiger charge is -2.12. The van der Waals surface area contributed by atoms with Crippen LogP contribution in [-0.4, -0.2) is 35.6 Å². The summed E-state index contributed by atoms with van der Waals surface area (Å²) in [5.41, 5.74) is 0.448. The summed E-state index contributed by atoms with van der Waals surface area (Å²) in [6.07, 6.45) is 1.65. The number of furan rings is 1. The highest BCUT2D eigenvalue weighted by atomic mass is 32.2. The molecule has 142 valence electrons. The maximum atomic E-state index is 13.0. The van der Waals surface area contributed by atoms with Gasteiger partial charge in [-0.15, -0.1) is 5.10 Å². The zero-order valence-corrected chi connectivity index (χ0v) is 15.0. The lowest BCUT2D eigenvalue weighted by Crippen LogP contribution is -2.27. The van der Waals surface area contributed by atoms with E-state index >= 15 is 0 Å². The summed E-state index contributed by atoms with van der Waals surface area (Å²) in [7, 11) is -3.66. The van der Waals surface area contributed by atoms with Crippen LogP contribution in [0.3, 0.4) is 0 Å². The second-order valence-electron chi connectivity index (χ2n) is 6.17. The fraction of sp³-hybridized carbons (Fsp3) is 0.294. The number of halogens is 1. The fourth-order valence-electron chi connectivity index (χ4n) is 2.90. The summed E-state index contributed by atoms with van der Waals surface area (Å²) in [5, 5.41) is 3.89. The molecule has 0 radical (unpaired) electrons. The molecule has 0 amide bonds. The Morgan fingerprint density at radius 3 is 2.44 bits per heavy atom. The molecule has 0 spiro atoms. The van der Waals surface area contributed by atoms with Gasteiger partial charge in [0.1, 0.15) is 18.1 Å². The predicted octanol–water partition coefficient (Wildman–Crippen LogP) is 2.07. The monoisotopic (exact) mass is 393 g/mol. The van der Waals surface area contributed by atoms with Gasteiger partial charge >= 0.3 is 5.76 Å². The number of rotatable bonds is 5. The molecule has 1 aromatic carbocycles. The Kier molecular flexibility index (Phi) is 4.44. The number of nitrogens with zero attached hydrogens (tertiary/aromatic N) is 3. The molecule has 8 nitrogen and oxygen atoms in total. The molecular weight excluding hydrogens is 377 g/mol. The maximum Gasteiger partial charge on any atom is 0.437 e. The number of sulfonamides is 1. The SMILES string of the molecule is O=c1oc(-c2ccc(F)cc2)nn1Cc1ccc(S(=O)(=O)N2CCCC2)o1. The largest absolute Gasteiger partial charge is 0.446 e. The molecule has 0 saturated carbocycles. The van der Waals surface area contributed by atoms with Gasteiger partial charge in [0.25, 0.3) is 10.0 Å². The minimum atomic E-state index is -3.66. The molecule has 0 aliphatic carbocycles. The first-order valence-corrected chi connectivity index (χ1v) is 9.80. The van der Waals surface area contributed by atoms with Crippen molar-refractivity contribution in [3.05, 3.63) is 58.5 Å². The summed E-state index contributed by atoms with van der Waals surface area (Å²) in [6, 6.07) is 8.21. The van der Waals surface area contributed by atoms with E-state index in [4.69, 9.17) is 8.83 Å². The van der Waals surface area contributed by atoms with Crippen molar-refractivity contribution in [2.24, 2.45) is 0 Å². The van der Waals surface area contributed by atoms with Gasteiger partial charge in [0.2, 0.25) is 11.0 Å². The second kappa shape index (κ2) is 6.78. The Hall–Kier alpha value is -2.72. The van der Waals surface area contributed by atoms with Gasteiger partial charge in [0, 0.05) is 18.7 Å². The van der Waals surface area contributed by atoms with Crippen LogP contribution in [0.15, 0.2) is 55.1 Å². The predicted molar refractivity (Wildman–Crippen MR) is 92.0 cm³/mol.